The molecule has 1 saturated heterocycles. The lowest BCUT2D eigenvalue weighted by atomic mass is 10.4. The Hall–Kier alpha value is 0.170. The van der Waals surface area contributed by atoms with Crippen molar-refractivity contribution in [2.75, 3.05) is 13.2 Å². The molecule has 0 aromatic rings. The SMILES string of the molecule is Cl.OC1COOC1. The molecule has 7 heavy (non-hydrogen) atoms. The molecule has 4 heteroatoms. The molecule has 0 aromatic heterocycles. The average Bonchev–Trinajstić information content (AvgIpc) is 1.86. The fourth-order valence-electron chi connectivity index (χ4n) is 0.301. The molecule has 3 nitrogen and oxygen atoms in total. The number of aliphatic hydroxyl groups excluding tert-OH is 1. The fraction of sp³-hybridized carbons (Fsp3) is 1.00. The average molecular weight is 127 g/mol. The highest BCUT2D eigenvalue weighted by Crippen LogP contribution is 1.95. The summed E-state index contributed by atoms with van der Waals surface area (Å²) in [4.78, 5) is 8.61. The van der Waals surface area contributed by atoms with Crippen LogP contribution in [0.25, 0.3) is 0 Å². The predicted molar refractivity (Wildman–Crippen MR) is 25.2 cm³/mol. The molecule has 0 bridgehead atoms. The normalized spacial score (nSPS) is 21.9. The first-order valence-electron chi connectivity index (χ1n) is 1.82. The van der Waals surface area contributed by atoms with Crippen LogP contribution < -0.4 is 0 Å². The topological polar surface area (TPSA) is 38.7 Å². The second-order valence-corrected chi connectivity index (χ2v) is 1.22. The van der Waals surface area contributed by atoms with E-state index in [-0.39, 0.29) is 12.4 Å². The van der Waals surface area contributed by atoms with Crippen molar-refractivity contribution < 1.29 is 14.9 Å². The molecular formula is C3H7ClO3. The highest BCUT2D eigenvalue weighted by atomic mass is 35.5. The van der Waals surface area contributed by atoms with E-state index >= 15 is 0 Å². The minimum absolute atomic E-state index is 0. The van der Waals surface area contributed by atoms with Crippen LogP contribution >= 0.6 is 12.4 Å². The van der Waals surface area contributed by atoms with Gasteiger partial charge in [-0.1, -0.05) is 0 Å². The third-order valence-corrected chi connectivity index (χ3v) is 0.604. The third kappa shape index (κ3) is 2.09. The van der Waals surface area contributed by atoms with E-state index in [9.17, 15) is 0 Å². The van der Waals surface area contributed by atoms with Crippen molar-refractivity contribution in [2.24, 2.45) is 0 Å². The summed E-state index contributed by atoms with van der Waals surface area (Å²) in [5, 5.41) is 8.48. The number of hydrogen-bond acceptors (Lipinski definition) is 3. The summed E-state index contributed by atoms with van der Waals surface area (Å²) >= 11 is 0. The maximum absolute atomic E-state index is 8.48. The fourth-order valence-corrected chi connectivity index (χ4v) is 0.301. The minimum Gasteiger partial charge on any atom is -0.388 e. The van der Waals surface area contributed by atoms with Crippen LogP contribution in [0.3, 0.4) is 0 Å². The molecule has 1 aliphatic heterocycles. The van der Waals surface area contributed by atoms with Gasteiger partial charge in [0.15, 0.2) is 0 Å². The second kappa shape index (κ2) is 3.21. The standard InChI is InChI=1S/C3H6O3.ClH/c4-3-1-5-6-2-3;/h3-4H,1-2H2;1H. The van der Waals surface area contributed by atoms with E-state index in [1.54, 1.807) is 0 Å². The lowest BCUT2D eigenvalue weighted by molar-refractivity contribution is -0.248. The van der Waals surface area contributed by atoms with Gasteiger partial charge < -0.3 is 5.11 Å². The summed E-state index contributed by atoms with van der Waals surface area (Å²) in [6.07, 6.45) is -0.398. The first-order chi connectivity index (χ1) is 2.89. The van der Waals surface area contributed by atoms with Crippen molar-refractivity contribution in [3.05, 3.63) is 0 Å². The van der Waals surface area contributed by atoms with Crippen LogP contribution in [-0.4, -0.2) is 24.4 Å². The minimum atomic E-state index is -0.398. The van der Waals surface area contributed by atoms with Gasteiger partial charge in [0.25, 0.3) is 0 Å². The van der Waals surface area contributed by atoms with E-state index in [2.05, 4.69) is 9.78 Å². The summed E-state index contributed by atoms with van der Waals surface area (Å²) in [6, 6.07) is 0. The quantitative estimate of drug-likeness (QED) is 0.454. The Morgan fingerprint density at radius 2 is 1.71 bits per heavy atom. The molecule has 0 radical (unpaired) electrons. The summed E-state index contributed by atoms with van der Waals surface area (Å²) in [7, 11) is 0. The van der Waals surface area contributed by atoms with E-state index < -0.39 is 6.10 Å². The van der Waals surface area contributed by atoms with Gasteiger partial charge in [0.05, 0.1) is 0 Å². The van der Waals surface area contributed by atoms with Gasteiger partial charge in [0.2, 0.25) is 0 Å². The molecule has 0 saturated carbocycles. The molecule has 0 spiro atoms. The molecule has 1 aliphatic rings. The van der Waals surface area contributed by atoms with Crippen LogP contribution in [0.1, 0.15) is 0 Å². The van der Waals surface area contributed by atoms with Crippen LogP contribution in [0.2, 0.25) is 0 Å². The molecule has 0 amide bonds. The van der Waals surface area contributed by atoms with Gasteiger partial charge in [-0.15, -0.1) is 12.4 Å². The second-order valence-electron chi connectivity index (χ2n) is 1.22. The Balaban J connectivity index is 0.000000360. The summed E-state index contributed by atoms with van der Waals surface area (Å²) < 4.78 is 0. The third-order valence-electron chi connectivity index (χ3n) is 0.604. The first-order valence-corrected chi connectivity index (χ1v) is 1.82. The largest absolute Gasteiger partial charge is 0.388 e. The Bertz CT molecular complexity index is 43.4. The van der Waals surface area contributed by atoms with Crippen molar-refractivity contribution in [3.63, 3.8) is 0 Å². The predicted octanol–water partition coefficient (Wildman–Crippen LogP) is -0.269. The number of halogens is 1. The lowest BCUT2D eigenvalue weighted by Crippen LogP contribution is -2.07. The summed E-state index contributed by atoms with van der Waals surface area (Å²) in [6.45, 7) is 0.639. The Morgan fingerprint density at radius 3 is 1.86 bits per heavy atom. The van der Waals surface area contributed by atoms with Crippen LogP contribution in [0.15, 0.2) is 0 Å². The first kappa shape index (κ1) is 7.17. The van der Waals surface area contributed by atoms with Gasteiger partial charge in [-0.2, -0.15) is 0 Å². The van der Waals surface area contributed by atoms with Gasteiger partial charge >= 0.3 is 0 Å². The Morgan fingerprint density at radius 1 is 1.29 bits per heavy atom. The van der Waals surface area contributed by atoms with Gasteiger partial charge in [-0.25, -0.2) is 9.78 Å². The molecule has 0 aromatic carbocycles. The van der Waals surface area contributed by atoms with E-state index in [1.807, 2.05) is 0 Å². The van der Waals surface area contributed by atoms with Gasteiger partial charge in [0.1, 0.15) is 19.3 Å². The van der Waals surface area contributed by atoms with Gasteiger partial charge in [-0.05, 0) is 0 Å². The highest BCUT2D eigenvalue weighted by molar-refractivity contribution is 5.85. The number of aliphatic hydroxyl groups is 1. The zero-order valence-corrected chi connectivity index (χ0v) is 4.48. The van der Waals surface area contributed by atoms with Crippen molar-refractivity contribution in [1.82, 2.24) is 0 Å². The Labute approximate surface area is 47.6 Å². The van der Waals surface area contributed by atoms with E-state index in [4.69, 9.17) is 5.11 Å². The van der Waals surface area contributed by atoms with Gasteiger partial charge in [-0.3, -0.25) is 0 Å². The van der Waals surface area contributed by atoms with Crippen LogP contribution in [-0.2, 0) is 9.78 Å². The number of rotatable bonds is 0. The molecule has 1 N–H and O–H groups in total. The van der Waals surface area contributed by atoms with Crippen molar-refractivity contribution in [2.45, 2.75) is 6.10 Å². The summed E-state index contributed by atoms with van der Waals surface area (Å²) in [5.41, 5.74) is 0. The van der Waals surface area contributed by atoms with E-state index in [0.29, 0.717) is 13.2 Å². The molecule has 0 aliphatic carbocycles. The molecular weight excluding hydrogens is 119 g/mol. The van der Waals surface area contributed by atoms with E-state index in [1.165, 1.54) is 0 Å². The van der Waals surface area contributed by atoms with Crippen LogP contribution in [0.4, 0.5) is 0 Å². The lowest BCUT2D eigenvalue weighted by Gasteiger charge is -1.85. The molecule has 0 unspecified atom stereocenters. The smallest absolute Gasteiger partial charge is 0.110 e. The highest BCUT2D eigenvalue weighted by Gasteiger charge is 2.11. The van der Waals surface area contributed by atoms with Crippen molar-refractivity contribution in [1.29, 1.82) is 0 Å². The summed E-state index contributed by atoms with van der Waals surface area (Å²) in [5.74, 6) is 0. The molecule has 0 atom stereocenters. The zero-order valence-electron chi connectivity index (χ0n) is 3.66. The van der Waals surface area contributed by atoms with Crippen molar-refractivity contribution >= 4 is 12.4 Å². The maximum atomic E-state index is 8.48. The van der Waals surface area contributed by atoms with E-state index in [0.717, 1.165) is 0 Å². The number of hydrogen-bond donors (Lipinski definition) is 1. The molecule has 44 valence electrons. The van der Waals surface area contributed by atoms with Crippen LogP contribution in [0, 0.1) is 0 Å². The Kier molecular flexibility index (Phi) is 3.29. The maximum Gasteiger partial charge on any atom is 0.110 e. The zero-order chi connectivity index (χ0) is 4.41. The van der Waals surface area contributed by atoms with Crippen molar-refractivity contribution in [3.8, 4) is 0 Å². The molecule has 1 heterocycles. The van der Waals surface area contributed by atoms with Crippen LogP contribution in [0.5, 0.6) is 0 Å². The van der Waals surface area contributed by atoms with Gasteiger partial charge in [0, 0.05) is 0 Å². The monoisotopic (exact) mass is 126 g/mol. The molecule has 1 fully saturated rings. The molecule has 1 rings (SSSR count).